The van der Waals surface area contributed by atoms with E-state index in [4.69, 9.17) is 9.47 Å². The van der Waals surface area contributed by atoms with Crippen LogP contribution < -0.4 is 9.47 Å². The highest BCUT2D eigenvalue weighted by Crippen LogP contribution is 2.27. The van der Waals surface area contributed by atoms with Gasteiger partial charge in [0.2, 0.25) is 0 Å². The lowest BCUT2D eigenvalue weighted by Gasteiger charge is -2.16. The van der Waals surface area contributed by atoms with E-state index in [0.717, 1.165) is 9.80 Å². The topological polar surface area (TPSA) is 76.2 Å². The predicted octanol–water partition coefficient (Wildman–Crippen LogP) is 1.18. The van der Waals surface area contributed by atoms with Crippen LogP contribution in [0.15, 0.2) is 30.9 Å². The van der Waals surface area contributed by atoms with Gasteiger partial charge in [-0.2, -0.15) is 0 Å². The largest absolute Gasteiger partial charge is 0.497 e. The number of methoxy groups -OCH3 is 2. The van der Waals surface area contributed by atoms with E-state index >= 15 is 0 Å². The zero-order chi connectivity index (χ0) is 16.3. The highest BCUT2D eigenvalue weighted by molar-refractivity contribution is 6.44. The normalized spacial score (nSPS) is 14.5. The molecule has 1 aliphatic heterocycles. The molecular weight excluding hydrogens is 288 g/mol. The molecule has 22 heavy (non-hydrogen) atoms. The van der Waals surface area contributed by atoms with E-state index in [0.29, 0.717) is 17.1 Å². The molecule has 0 bridgehead atoms. The molecule has 1 saturated heterocycles. The van der Waals surface area contributed by atoms with E-state index in [9.17, 15) is 14.4 Å². The van der Waals surface area contributed by atoms with Gasteiger partial charge in [0.05, 0.1) is 20.8 Å². The number of ether oxygens (including phenoxy) is 2. The molecule has 0 spiro atoms. The lowest BCUT2D eigenvalue weighted by molar-refractivity contribution is -0.143. The summed E-state index contributed by atoms with van der Waals surface area (Å²) in [6.07, 6.45) is 1.39. The summed E-state index contributed by atoms with van der Waals surface area (Å²) in [5, 5.41) is 0. The quantitative estimate of drug-likeness (QED) is 0.448. The van der Waals surface area contributed by atoms with Gasteiger partial charge in [-0.1, -0.05) is 6.08 Å². The molecule has 0 N–H and O–H groups in total. The van der Waals surface area contributed by atoms with Crippen LogP contribution in [-0.2, 0) is 16.1 Å². The monoisotopic (exact) mass is 304 g/mol. The first-order valence-corrected chi connectivity index (χ1v) is 6.52. The summed E-state index contributed by atoms with van der Waals surface area (Å²) in [7, 11) is 2.99. The van der Waals surface area contributed by atoms with Crippen LogP contribution in [0, 0.1) is 0 Å². The molecule has 116 valence electrons. The van der Waals surface area contributed by atoms with Crippen LogP contribution in [0.25, 0.3) is 0 Å². The van der Waals surface area contributed by atoms with Gasteiger partial charge < -0.3 is 9.47 Å². The summed E-state index contributed by atoms with van der Waals surface area (Å²) < 4.78 is 10.3. The maximum absolute atomic E-state index is 12.2. The molecule has 1 aromatic carbocycles. The van der Waals surface area contributed by atoms with Crippen molar-refractivity contribution in [3.05, 3.63) is 36.4 Å². The van der Waals surface area contributed by atoms with Crippen molar-refractivity contribution < 1.29 is 23.9 Å². The van der Waals surface area contributed by atoms with Crippen LogP contribution in [0.3, 0.4) is 0 Å². The molecule has 0 aliphatic carbocycles. The Morgan fingerprint density at radius 1 is 1.09 bits per heavy atom. The molecule has 7 heteroatoms. The van der Waals surface area contributed by atoms with Gasteiger partial charge in [-0.15, -0.1) is 6.58 Å². The van der Waals surface area contributed by atoms with Crippen molar-refractivity contribution in [3.8, 4) is 11.5 Å². The van der Waals surface area contributed by atoms with Gasteiger partial charge in [0.15, 0.2) is 0 Å². The second-order valence-corrected chi connectivity index (χ2v) is 4.56. The number of benzene rings is 1. The molecule has 7 nitrogen and oxygen atoms in total. The van der Waals surface area contributed by atoms with E-state index in [1.165, 1.54) is 20.3 Å². The van der Waals surface area contributed by atoms with Gasteiger partial charge in [-0.25, -0.2) is 4.79 Å². The minimum Gasteiger partial charge on any atom is -0.497 e. The van der Waals surface area contributed by atoms with Crippen molar-refractivity contribution in [2.75, 3.05) is 20.8 Å². The van der Waals surface area contributed by atoms with Crippen molar-refractivity contribution >= 4 is 17.8 Å². The van der Waals surface area contributed by atoms with Crippen LogP contribution >= 0.6 is 0 Å². The molecule has 0 radical (unpaired) electrons. The van der Waals surface area contributed by atoms with Gasteiger partial charge in [-0.3, -0.25) is 19.4 Å². The predicted molar refractivity (Wildman–Crippen MR) is 77.4 cm³/mol. The van der Waals surface area contributed by atoms with Crippen LogP contribution in [0.4, 0.5) is 4.79 Å². The lowest BCUT2D eigenvalue weighted by atomic mass is 10.1. The Labute approximate surface area is 127 Å². The Bertz CT molecular complexity index is 641. The highest BCUT2D eigenvalue weighted by Gasteiger charge is 2.43. The molecule has 0 aromatic heterocycles. The standard InChI is InChI=1S/C15H16N2O5/c1-4-7-16-13(18)14(19)17(15(16)20)9-10-8-11(21-2)5-6-12(10)22-3/h4-6,8H,1,7,9H2,2-3H3. The fraction of sp³-hybridized carbons (Fsp3) is 0.267. The number of urea groups is 1. The number of hydrogen-bond donors (Lipinski definition) is 0. The number of hydrogen-bond acceptors (Lipinski definition) is 5. The average Bonchev–Trinajstić information content (AvgIpc) is 2.73. The molecule has 4 amide bonds. The first kappa shape index (κ1) is 15.6. The van der Waals surface area contributed by atoms with Gasteiger partial charge in [0.1, 0.15) is 11.5 Å². The van der Waals surface area contributed by atoms with Crippen molar-refractivity contribution in [2.45, 2.75) is 6.54 Å². The molecule has 1 heterocycles. The van der Waals surface area contributed by atoms with Crippen LogP contribution in [0.5, 0.6) is 11.5 Å². The molecule has 0 atom stereocenters. The molecule has 0 saturated carbocycles. The molecule has 1 aromatic rings. The minimum atomic E-state index is -0.864. The third-order valence-electron chi connectivity index (χ3n) is 3.26. The van der Waals surface area contributed by atoms with E-state index in [2.05, 4.69) is 6.58 Å². The number of nitrogens with zero attached hydrogens (tertiary/aromatic N) is 2. The number of imide groups is 2. The Kier molecular flexibility index (Phi) is 4.45. The number of carbonyl (C=O) groups is 3. The first-order chi connectivity index (χ1) is 10.5. The van der Waals surface area contributed by atoms with Crippen molar-refractivity contribution in [1.82, 2.24) is 9.80 Å². The Balaban J connectivity index is 2.30. The van der Waals surface area contributed by atoms with Gasteiger partial charge in [0, 0.05) is 12.1 Å². The Morgan fingerprint density at radius 3 is 2.36 bits per heavy atom. The SMILES string of the molecule is C=CCN1C(=O)C(=O)N(Cc2cc(OC)ccc2OC)C1=O. The van der Waals surface area contributed by atoms with Gasteiger partial charge in [-0.05, 0) is 18.2 Å². The third kappa shape index (κ3) is 2.65. The van der Waals surface area contributed by atoms with E-state index < -0.39 is 17.8 Å². The first-order valence-electron chi connectivity index (χ1n) is 6.52. The molecule has 0 unspecified atom stereocenters. The minimum absolute atomic E-state index is 0.00481. The summed E-state index contributed by atoms with van der Waals surface area (Å²) >= 11 is 0. The molecule has 2 rings (SSSR count). The lowest BCUT2D eigenvalue weighted by Crippen LogP contribution is -2.33. The van der Waals surface area contributed by atoms with E-state index in [1.54, 1.807) is 18.2 Å². The summed E-state index contributed by atoms with van der Waals surface area (Å²) in [5.41, 5.74) is 0.566. The summed E-state index contributed by atoms with van der Waals surface area (Å²) in [5.74, 6) is -0.663. The maximum Gasteiger partial charge on any atom is 0.334 e. The number of carbonyl (C=O) groups excluding carboxylic acids is 3. The summed E-state index contributed by atoms with van der Waals surface area (Å²) in [4.78, 5) is 37.7. The maximum atomic E-state index is 12.2. The zero-order valence-electron chi connectivity index (χ0n) is 12.4. The Hall–Kier alpha value is -2.83. The number of amides is 4. The molecular formula is C15H16N2O5. The second kappa shape index (κ2) is 6.30. The molecule has 1 aliphatic rings. The van der Waals surface area contributed by atoms with Crippen molar-refractivity contribution in [3.63, 3.8) is 0 Å². The van der Waals surface area contributed by atoms with E-state index in [1.807, 2.05) is 0 Å². The van der Waals surface area contributed by atoms with Gasteiger partial charge >= 0.3 is 17.8 Å². The summed E-state index contributed by atoms with van der Waals surface area (Å²) in [6.45, 7) is 3.39. The van der Waals surface area contributed by atoms with Crippen LogP contribution in [0.1, 0.15) is 5.56 Å². The van der Waals surface area contributed by atoms with Gasteiger partial charge in [0.25, 0.3) is 0 Å². The van der Waals surface area contributed by atoms with Crippen molar-refractivity contribution in [2.24, 2.45) is 0 Å². The molecule has 1 fully saturated rings. The van der Waals surface area contributed by atoms with E-state index in [-0.39, 0.29) is 13.1 Å². The van der Waals surface area contributed by atoms with Crippen LogP contribution in [0.2, 0.25) is 0 Å². The fourth-order valence-electron chi connectivity index (χ4n) is 2.16. The highest BCUT2D eigenvalue weighted by atomic mass is 16.5. The van der Waals surface area contributed by atoms with Crippen molar-refractivity contribution in [1.29, 1.82) is 0 Å². The Morgan fingerprint density at radius 2 is 1.77 bits per heavy atom. The summed E-state index contributed by atoms with van der Waals surface area (Å²) in [6, 6.07) is 4.35. The van der Waals surface area contributed by atoms with Crippen LogP contribution in [-0.4, -0.2) is 48.4 Å². The fourth-order valence-corrected chi connectivity index (χ4v) is 2.16. The second-order valence-electron chi connectivity index (χ2n) is 4.56. The smallest absolute Gasteiger partial charge is 0.334 e. The third-order valence-corrected chi connectivity index (χ3v) is 3.26. The number of rotatable bonds is 6. The zero-order valence-corrected chi connectivity index (χ0v) is 12.4. The average molecular weight is 304 g/mol.